The van der Waals surface area contributed by atoms with Gasteiger partial charge in [-0.1, -0.05) is 6.58 Å². The van der Waals surface area contributed by atoms with Crippen LogP contribution >= 0.6 is 0 Å². The van der Waals surface area contributed by atoms with Gasteiger partial charge in [-0.05, 0) is 27.7 Å². The van der Waals surface area contributed by atoms with E-state index in [-0.39, 0.29) is 18.0 Å². The minimum Gasteiger partial charge on any atom is -0.327 e. The van der Waals surface area contributed by atoms with Crippen LogP contribution in [-0.4, -0.2) is 29.2 Å². The molecular weight excluding hydrogens is 166 g/mol. The quantitative estimate of drug-likeness (QED) is 0.490. The summed E-state index contributed by atoms with van der Waals surface area (Å²) in [5, 5.41) is 0. The SMILES string of the molecule is C=C(C)C(=O)N(CC=O)C(C)(C)C. The summed E-state index contributed by atoms with van der Waals surface area (Å²) in [6, 6.07) is 0. The molecule has 0 unspecified atom stereocenters. The molecule has 0 rings (SSSR count). The fourth-order valence-corrected chi connectivity index (χ4v) is 0.966. The molecule has 3 heteroatoms. The van der Waals surface area contributed by atoms with Gasteiger partial charge in [0.25, 0.3) is 0 Å². The van der Waals surface area contributed by atoms with Gasteiger partial charge in [0.2, 0.25) is 5.91 Å². The topological polar surface area (TPSA) is 37.4 Å². The van der Waals surface area contributed by atoms with E-state index < -0.39 is 0 Å². The Morgan fingerprint density at radius 2 is 1.92 bits per heavy atom. The molecule has 0 atom stereocenters. The van der Waals surface area contributed by atoms with Gasteiger partial charge < -0.3 is 9.69 Å². The number of nitrogens with zero attached hydrogens (tertiary/aromatic N) is 1. The molecule has 3 nitrogen and oxygen atoms in total. The molecule has 0 aromatic carbocycles. The summed E-state index contributed by atoms with van der Waals surface area (Å²) in [4.78, 5) is 23.4. The highest BCUT2D eigenvalue weighted by Crippen LogP contribution is 2.14. The minimum absolute atomic E-state index is 0.120. The van der Waals surface area contributed by atoms with E-state index in [4.69, 9.17) is 0 Å². The Hall–Kier alpha value is -1.12. The molecule has 0 aliphatic carbocycles. The average molecular weight is 183 g/mol. The van der Waals surface area contributed by atoms with Gasteiger partial charge in [-0.2, -0.15) is 0 Å². The molecule has 13 heavy (non-hydrogen) atoms. The predicted molar refractivity (Wildman–Crippen MR) is 52.3 cm³/mol. The molecule has 0 aromatic heterocycles. The maximum Gasteiger partial charge on any atom is 0.249 e. The Morgan fingerprint density at radius 1 is 1.46 bits per heavy atom. The number of carbonyl (C=O) groups is 2. The maximum absolute atomic E-state index is 11.5. The van der Waals surface area contributed by atoms with Crippen LogP contribution in [0.2, 0.25) is 0 Å². The zero-order valence-corrected chi connectivity index (χ0v) is 8.76. The van der Waals surface area contributed by atoms with Crippen molar-refractivity contribution in [2.75, 3.05) is 6.54 Å². The smallest absolute Gasteiger partial charge is 0.249 e. The number of amides is 1. The monoisotopic (exact) mass is 183 g/mol. The fraction of sp³-hybridized carbons (Fsp3) is 0.600. The van der Waals surface area contributed by atoms with Crippen LogP contribution in [0.3, 0.4) is 0 Å². The summed E-state index contributed by atoms with van der Waals surface area (Å²) in [6.07, 6.45) is 0.728. The highest BCUT2D eigenvalue weighted by atomic mass is 16.2. The van der Waals surface area contributed by atoms with Gasteiger partial charge in [0.05, 0.1) is 6.54 Å². The van der Waals surface area contributed by atoms with Crippen LogP contribution in [0.1, 0.15) is 27.7 Å². The first-order valence-electron chi connectivity index (χ1n) is 4.22. The van der Waals surface area contributed by atoms with Gasteiger partial charge in [-0.3, -0.25) is 4.79 Å². The van der Waals surface area contributed by atoms with Gasteiger partial charge in [0.1, 0.15) is 6.29 Å². The molecule has 0 fully saturated rings. The molecule has 0 heterocycles. The first-order valence-corrected chi connectivity index (χ1v) is 4.22. The first-order chi connectivity index (χ1) is 5.80. The molecule has 1 amide bonds. The van der Waals surface area contributed by atoms with Crippen molar-refractivity contribution in [3.63, 3.8) is 0 Å². The minimum atomic E-state index is -0.336. The normalized spacial score (nSPS) is 10.8. The van der Waals surface area contributed by atoms with Crippen molar-refractivity contribution >= 4 is 12.2 Å². The van der Waals surface area contributed by atoms with Crippen molar-refractivity contribution < 1.29 is 9.59 Å². The van der Waals surface area contributed by atoms with E-state index in [2.05, 4.69) is 6.58 Å². The Balaban J connectivity index is 4.71. The molecule has 0 saturated heterocycles. The summed E-state index contributed by atoms with van der Waals surface area (Å²) in [5.74, 6) is -0.167. The van der Waals surface area contributed by atoms with Crippen LogP contribution in [0.15, 0.2) is 12.2 Å². The molecule has 0 aliphatic rings. The van der Waals surface area contributed by atoms with Crippen molar-refractivity contribution in [1.29, 1.82) is 0 Å². The zero-order valence-electron chi connectivity index (χ0n) is 8.76. The van der Waals surface area contributed by atoms with Gasteiger partial charge in [0, 0.05) is 11.1 Å². The molecule has 0 aliphatic heterocycles. The van der Waals surface area contributed by atoms with E-state index in [9.17, 15) is 9.59 Å². The van der Waals surface area contributed by atoms with Crippen LogP contribution in [0.25, 0.3) is 0 Å². The maximum atomic E-state index is 11.5. The van der Waals surface area contributed by atoms with E-state index in [0.717, 1.165) is 6.29 Å². The summed E-state index contributed by atoms with van der Waals surface area (Å²) < 4.78 is 0. The van der Waals surface area contributed by atoms with Gasteiger partial charge >= 0.3 is 0 Å². The number of hydrogen-bond acceptors (Lipinski definition) is 2. The zero-order chi connectivity index (χ0) is 10.6. The van der Waals surface area contributed by atoms with Crippen molar-refractivity contribution in [3.8, 4) is 0 Å². The fourth-order valence-electron chi connectivity index (χ4n) is 0.966. The van der Waals surface area contributed by atoms with Crippen LogP contribution in [0.4, 0.5) is 0 Å². The third-order valence-corrected chi connectivity index (χ3v) is 1.68. The van der Waals surface area contributed by atoms with E-state index >= 15 is 0 Å². The largest absolute Gasteiger partial charge is 0.327 e. The lowest BCUT2D eigenvalue weighted by atomic mass is 10.0. The highest BCUT2D eigenvalue weighted by molar-refractivity contribution is 5.93. The molecule has 0 radical (unpaired) electrons. The number of hydrogen-bond donors (Lipinski definition) is 0. The Morgan fingerprint density at radius 3 is 2.15 bits per heavy atom. The molecule has 0 bridgehead atoms. The summed E-state index contributed by atoms with van der Waals surface area (Å²) in [6.45, 7) is 11.0. The molecule has 0 spiro atoms. The summed E-state index contributed by atoms with van der Waals surface area (Å²) >= 11 is 0. The third-order valence-electron chi connectivity index (χ3n) is 1.68. The van der Waals surface area contributed by atoms with Crippen molar-refractivity contribution in [1.82, 2.24) is 4.90 Å². The summed E-state index contributed by atoms with van der Waals surface area (Å²) in [5.41, 5.74) is 0.119. The first kappa shape index (κ1) is 11.9. The van der Waals surface area contributed by atoms with Gasteiger partial charge in [-0.25, -0.2) is 0 Å². The number of carbonyl (C=O) groups excluding carboxylic acids is 2. The van der Waals surface area contributed by atoms with Gasteiger partial charge in [0.15, 0.2) is 0 Å². The molecule has 0 N–H and O–H groups in total. The summed E-state index contributed by atoms with van der Waals surface area (Å²) in [7, 11) is 0. The van der Waals surface area contributed by atoms with Crippen LogP contribution in [-0.2, 0) is 9.59 Å². The second kappa shape index (κ2) is 4.21. The third kappa shape index (κ3) is 3.40. The van der Waals surface area contributed by atoms with E-state index in [0.29, 0.717) is 5.57 Å². The lowest BCUT2D eigenvalue weighted by Crippen LogP contribution is -2.46. The van der Waals surface area contributed by atoms with Crippen molar-refractivity contribution in [2.45, 2.75) is 33.2 Å². The van der Waals surface area contributed by atoms with Crippen molar-refractivity contribution in [3.05, 3.63) is 12.2 Å². The van der Waals surface area contributed by atoms with E-state index in [1.54, 1.807) is 6.92 Å². The standard InChI is InChI=1S/C10H17NO2/c1-8(2)9(13)11(6-7-12)10(3,4)5/h7H,1,6H2,2-5H3. The molecular formula is C10H17NO2. The Labute approximate surface area is 79.4 Å². The number of aldehydes is 1. The van der Waals surface area contributed by atoms with E-state index in [1.807, 2.05) is 20.8 Å². The average Bonchev–Trinajstić information content (AvgIpc) is 1.96. The second-order valence-corrected chi connectivity index (χ2v) is 4.03. The van der Waals surface area contributed by atoms with Crippen LogP contribution < -0.4 is 0 Å². The Kier molecular flexibility index (Phi) is 3.85. The molecule has 0 saturated carbocycles. The number of rotatable bonds is 3. The highest BCUT2D eigenvalue weighted by Gasteiger charge is 2.25. The predicted octanol–water partition coefficient (Wildman–Crippen LogP) is 1.39. The molecule has 74 valence electrons. The van der Waals surface area contributed by atoms with Gasteiger partial charge in [-0.15, -0.1) is 0 Å². The molecule has 0 aromatic rings. The van der Waals surface area contributed by atoms with Crippen LogP contribution in [0.5, 0.6) is 0 Å². The second-order valence-electron chi connectivity index (χ2n) is 4.03. The lowest BCUT2D eigenvalue weighted by molar-refractivity contribution is -0.134. The lowest BCUT2D eigenvalue weighted by Gasteiger charge is -2.34. The van der Waals surface area contributed by atoms with Crippen LogP contribution in [0, 0.1) is 0 Å². The van der Waals surface area contributed by atoms with Crippen molar-refractivity contribution in [2.24, 2.45) is 0 Å². The Bertz CT molecular complexity index is 226. The van der Waals surface area contributed by atoms with E-state index in [1.165, 1.54) is 4.90 Å².